The number of hydrogen-bond donors (Lipinski definition) is 0. The lowest BCUT2D eigenvalue weighted by atomic mass is 10.9. The van der Waals surface area contributed by atoms with Crippen LogP contribution in [0.5, 0.6) is 0 Å². The molecule has 0 amide bonds. The minimum absolute atomic E-state index is 0.619. The maximum atomic E-state index is 4.89. The van der Waals surface area contributed by atoms with Crippen LogP contribution in [0.4, 0.5) is 0 Å². The second-order valence-corrected chi connectivity index (χ2v) is 1.72. The predicted octanol–water partition coefficient (Wildman–Crippen LogP) is 1.19. The highest BCUT2D eigenvalue weighted by Crippen LogP contribution is 1.89. The molecule has 0 aromatic carbocycles. The molecule has 0 aromatic heterocycles. The van der Waals surface area contributed by atoms with E-state index >= 15 is 0 Å². The predicted molar refractivity (Wildman–Crippen MR) is 39.4 cm³/mol. The van der Waals surface area contributed by atoms with Gasteiger partial charge in [0.2, 0.25) is 0 Å². The molecule has 0 aliphatic rings. The number of rotatable bonds is 4. The van der Waals surface area contributed by atoms with E-state index in [-0.39, 0.29) is 0 Å². The molecule has 0 fully saturated rings. The van der Waals surface area contributed by atoms with Crippen molar-refractivity contribution in [2.75, 3.05) is 18.3 Å². The van der Waals surface area contributed by atoms with E-state index in [9.17, 15) is 0 Å². The molecule has 0 saturated heterocycles. The van der Waals surface area contributed by atoms with Crippen LogP contribution in [0.3, 0.4) is 0 Å². The summed E-state index contributed by atoms with van der Waals surface area (Å²) < 4.78 is 0.619. The van der Waals surface area contributed by atoms with Gasteiger partial charge in [0.05, 0.1) is 6.61 Å². The van der Waals surface area contributed by atoms with Crippen molar-refractivity contribution in [3.8, 4) is 0 Å². The number of hydrogen-bond acceptors (Lipinski definition) is 3. The van der Waals surface area contributed by atoms with E-state index in [0.29, 0.717) is 11.2 Å². The molecule has 0 N–H and O–H groups in total. The summed E-state index contributed by atoms with van der Waals surface area (Å²) in [7, 11) is 1.72. The lowest BCUT2D eigenvalue weighted by molar-refractivity contribution is -0.339. The van der Waals surface area contributed by atoms with Crippen LogP contribution < -0.4 is 0 Å². The fourth-order valence-corrected chi connectivity index (χ4v) is 0.680. The number of hydroxylamine groups is 2. The van der Waals surface area contributed by atoms with Gasteiger partial charge in [-0.25, -0.2) is 0 Å². The Morgan fingerprint density at radius 3 is 2.50 bits per heavy atom. The monoisotopic (exact) mass is 231 g/mol. The smallest absolute Gasteiger partial charge is 0.122 e. The van der Waals surface area contributed by atoms with E-state index in [4.69, 9.17) is 9.68 Å². The zero-order valence-electron chi connectivity index (χ0n) is 5.06. The zero-order chi connectivity index (χ0) is 6.41. The van der Waals surface area contributed by atoms with E-state index in [1.165, 1.54) is 5.23 Å². The first-order valence-electron chi connectivity index (χ1n) is 2.36. The van der Waals surface area contributed by atoms with Crippen LogP contribution in [0.25, 0.3) is 0 Å². The number of alkyl halides is 1. The van der Waals surface area contributed by atoms with E-state index in [1.807, 2.05) is 6.92 Å². The topological polar surface area (TPSA) is 21.7 Å². The van der Waals surface area contributed by atoms with Crippen molar-refractivity contribution in [2.24, 2.45) is 0 Å². The van der Waals surface area contributed by atoms with Gasteiger partial charge in [0.25, 0.3) is 0 Å². The first kappa shape index (κ1) is 8.61. The van der Waals surface area contributed by atoms with E-state index in [1.54, 1.807) is 7.05 Å². The summed E-state index contributed by atoms with van der Waals surface area (Å²) in [5.41, 5.74) is 0. The summed E-state index contributed by atoms with van der Waals surface area (Å²) in [6.45, 7) is 2.56. The molecule has 0 bridgehead atoms. The quantitative estimate of drug-likeness (QED) is 0.412. The average molecular weight is 231 g/mol. The SMILES string of the molecule is CCON(C)OCI. The third-order valence-corrected chi connectivity index (χ3v) is 0.820. The summed E-state index contributed by atoms with van der Waals surface area (Å²) in [5.74, 6) is 0. The van der Waals surface area contributed by atoms with Crippen molar-refractivity contribution >= 4 is 22.6 Å². The molecule has 0 unspecified atom stereocenters. The number of halogens is 1. The van der Waals surface area contributed by atoms with Gasteiger partial charge in [-0.2, -0.15) is 0 Å². The van der Waals surface area contributed by atoms with Crippen molar-refractivity contribution in [3.05, 3.63) is 0 Å². The van der Waals surface area contributed by atoms with Crippen molar-refractivity contribution in [3.63, 3.8) is 0 Å². The van der Waals surface area contributed by atoms with Gasteiger partial charge < -0.3 is 0 Å². The fraction of sp³-hybridized carbons (Fsp3) is 1.00. The summed E-state index contributed by atoms with van der Waals surface area (Å²) in [5, 5.41) is 1.35. The van der Waals surface area contributed by atoms with Crippen LogP contribution in [-0.2, 0) is 9.68 Å². The van der Waals surface area contributed by atoms with Crippen molar-refractivity contribution in [1.29, 1.82) is 0 Å². The van der Waals surface area contributed by atoms with Gasteiger partial charge in [-0.3, -0.25) is 9.68 Å². The molecule has 0 atom stereocenters. The van der Waals surface area contributed by atoms with Crippen molar-refractivity contribution < 1.29 is 9.68 Å². The molecule has 3 nitrogen and oxygen atoms in total. The Morgan fingerprint density at radius 2 is 2.12 bits per heavy atom. The molecule has 50 valence electrons. The molecular formula is C4H10INO2. The molecule has 0 aromatic rings. The van der Waals surface area contributed by atoms with Crippen molar-refractivity contribution in [2.45, 2.75) is 6.92 Å². The second kappa shape index (κ2) is 5.74. The Labute approximate surface area is 63.0 Å². The molecule has 0 radical (unpaired) electrons. The highest BCUT2D eigenvalue weighted by Gasteiger charge is 1.91. The summed E-state index contributed by atoms with van der Waals surface area (Å²) in [6, 6.07) is 0. The van der Waals surface area contributed by atoms with Crippen LogP contribution in [0.2, 0.25) is 0 Å². The molecular weight excluding hydrogens is 221 g/mol. The van der Waals surface area contributed by atoms with Gasteiger partial charge in [-0.05, 0) is 6.92 Å². The summed E-state index contributed by atoms with van der Waals surface area (Å²) in [4.78, 5) is 9.77. The first-order chi connectivity index (χ1) is 3.81. The van der Waals surface area contributed by atoms with E-state index in [0.717, 1.165) is 0 Å². The third kappa shape index (κ3) is 4.76. The number of nitrogens with zero attached hydrogens (tertiary/aromatic N) is 1. The molecule has 4 heteroatoms. The molecule has 0 aliphatic heterocycles. The Balaban J connectivity index is 2.92. The first-order valence-corrected chi connectivity index (χ1v) is 3.89. The highest BCUT2D eigenvalue weighted by atomic mass is 127. The second-order valence-electron chi connectivity index (χ2n) is 1.10. The van der Waals surface area contributed by atoms with E-state index in [2.05, 4.69) is 22.6 Å². The fourth-order valence-electron chi connectivity index (χ4n) is 0.288. The third-order valence-electron chi connectivity index (χ3n) is 0.542. The minimum Gasteiger partial charge on any atom is -0.275 e. The van der Waals surface area contributed by atoms with Gasteiger partial charge in [0.1, 0.15) is 4.61 Å². The summed E-state index contributed by atoms with van der Waals surface area (Å²) in [6.07, 6.45) is 0. The van der Waals surface area contributed by atoms with Crippen molar-refractivity contribution in [1.82, 2.24) is 5.23 Å². The minimum atomic E-state index is 0.619. The van der Waals surface area contributed by atoms with Gasteiger partial charge >= 0.3 is 0 Å². The molecule has 8 heavy (non-hydrogen) atoms. The Bertz CT molecular complexity index is 47.3. The van der Waals surface area contributed by atoms with Crippen LogP contribution in [0.15, 0.2) is 0 Å². The average Bonchev–Trinajstić information content (AvgIpc) is 1.68. The normalized spacial score (nSPS) is 10.5. The molecule has 0 rings (SSSR count). The standard InChI is InChI=1S/C4H10INO2/c1-3-7-6(2)8-4-5/h3-4H2,1-2H3. The molecule has 0 aliphatic carbocycles. The highest BCUT2D eigenvalue weighted by molar-refractivity contribution is 14.1. The van der Waals surface area contributed by atoms with Crippen LogP contribution in [0, 0.1) is 0 Å². The lowest BCUT2D eigenvalue weighted by Gasteiger charge is -2.11. The van der Waals surface area contributed by atoms with Gasteiger partial charge in [-0.1, -0.05) is 27.8 Å². The molecule has 0 spiro atoms. The Hall–Kier alpha value is 0.610. The summed E-state index contributed by atoms with van der Waals surface area (Å²) >= 11 is 2.10. The molecule has 0 saturated carbocycles. The Morgan fingerprint density at radius 1 is 1.50 bits per heavy atom. The molecule has 0 heterocycles. The van der Waals surface area contributed by atoms with Crippen LogP contribution >= 0.6 is 22.6 Å². The van der Waals surface area contributed by atoms with Crippen LogP contribution in [0.1, 0.15) is 6.92 Å². The van der Waals surface area contributed by atoms with Gasteiger partial charge in [-0.15, -0.1) is 0 Å². The van der Waals surface area contributed by atoms with Crippen LogP contribution in [-0.4, -0.2) is 23.5 Å². The van der Waals surface area contributed by atoms with Gasteiger partial charge in [0.15, 0.2) is 0 Å². The Kier molecular flexibility index (Phi) is 6.18. The van der Waals surface area contributed by atoms with Gasteiger partial charge in [0, 0.05) is 7.05 Å². The maximum absolute atomic E-state index is 4.89. The lowest BCUT2D eigenvalue weighted by Crippen LogP contribution is -2.18. The maximum Gasteiger partial charge on any atom is 0.122 e. The largest absolute Gasteiger partial charge is 0.275 e. The zero-order valence-corrected chi connectivity index (χ0v) is 7.21. The van der Waals surface area contributed by atoms with E-state index < -0.39 is 0 Å².